The third kappa shape index (κ3) is 2.97. The van der Waals surface area contributed by atoms with Crippen LogP contribution in [0.5, 0.6) is 0 Å². The molecular formula is C13H6BrF2N3O. The fourth-order valence-electron chi connectivity index (χ4n) is 1.40. The second kappa shape index (κ2) is 5.75. The van der Waals surface area contributed by atoms with Crippen molar-refractivity contribution >= 4 is 27.5 Å². The SMILES string of the molecule is N#Cc1ccc(C(=O)Nc2cc(Br)c(F)cc2F)nc1. The van der Waals surface area contributed by atoms with Crippen molar-refractivity contribution in [2.75, 3.05) is 5.32 Å². The van der Waals surface area contributed by atoms with Crippen molar-refractivity contribution in [3.63, 3.8) is 0 Å². The van der Waals surface area contributed by atoms with E-state index in [1.165, 1.54) is 18.3 Å². The Hall–Kier alpha value is -2.33. The molecule has 1 amide bonds. The monoisotopic (exact) mass is 337 g/mol. The molecule has 0 saturated carbocycles. The van der Waals surface area contributed by atoms with E-state index in [1.807, 2.05) is 6.07 Å². The molecule has 0 saturated heterocycles. The molecular weight excluding hydrogens is 332 g/mol. The van der Waals surface area contributed by atoms with Gasteiger partial charge >= 0.3 is 0 Å². The van der Waals surface area contributed by atoms with Crippen LogP contribution < -0.4 is 5.32 Å². The van der Waals surface area contributed by atoms with Gasteiger partial charge in [0, 0.05) is 12.3 Å². The topological polar surface area (TPSA) is 65.8 Å². The van der Waals surface area contributed by atoms with Gasteiger partial charge in [0.15, 0.2) is 0 Å². The van der Waals surface area contributed by atoms with E-state index in [9.17, 15) is 13.6 Å². The number of nitrogens with one attached hydrogen (secondary N) is 1. The molecule has 1 heterocycles. The first-order valence-corrected chi connectivity index (χ1v) is 6.12. The quantitative estimate of drug-likeness (QED) is 0.855. The Kier molecular flexibility index (Phi) is 4.05. The fourth-order valence-corrected chi connectivity index (χ4v) is 1.74. The third-order valence-electron chi connectivity index (χ3n) is 2.38. The van der Waals surface area contributed by atoms with Crippen molar-refractivity contribution < 1.29 is 13.6 Å². The van der Waals surface area contributed by atoms with E-state index < -0.39 is 17.5 Å². The Morgan fingerprint density at radius 3 is 2.65 bits per heavy atom. The number of hydrogen-bond donors (Lipinski definition) is 1. The van der Waals surface area contributed by atoms with Crippen LogP contribution in [0.15, 0.2) is 34.9 Å². The van der Waals surface area contributed by atoms with E-state index in [0.717, 1.165) is 6.07 Å². The van der Waals surface area contributed by atoms with Gasteiger partial charge in [-0.15, -0.1) is 0 Å². The van der Waals surface area contributed by atoms with Gasteiger partial charge in [0.05, 0.1) is 15.7 Å². The summed E-state index contributed by atoms with van der Waals surface area (Å²) in [5, 5.41) is 10.9. The zero-order valence-electron chi connectivity index (χ0n) is 9.82. The maximum absolute atomic E-state index is 13.5. The van der Waals surface area contributed by atoms with Gasteiger partial charge in [0.25, 0.3) is 5.91 Å². The Morgan fingerprint density at radius 1 is 1.30 bits per heavy atom. The standard InChI is InChI=1S/C13H6BrF2N3O/c14-8-3-12(10(16)4-9(8)15)19-13(20)11-2-1-7(5-17)6-18-11/h1-4,6H,(H,19,20). The number of anilines is 1. The lowest BCUT2D eigenvalue weighted by Crippen LogP contribution is -2.14. The molecule has 0 radical (unpaired) electrons. The Balaban J connectivity index is 2.23. The minimum absolute atomic E-state index is 0.0175. The number of benzene rings is 1. The summed E-state index contributed by atoms with van der Waals surface area (Å²) in [6.07, 6.45) is 1.23. The zero-order chi connectivity index (χ0) is 14.7. The molecule has 0 fully saturated rings. The molecule has 0 spiro atoms. The van der Waals surface area contributed by atoms with Gasteiger partial charge in [-0.1, -0.05) is 0 Å². The van der Waals surface area contributed by atoms with Crippen LogP contribution in [0, 0.1) is 23.0 Å². The van der Waals surface area contributed by atoms with Crippen LogP contribution in [0.1, 0.15) is 16.1 Å². The van der Waals surface area contributed by atoms with Crippen LogP contribution in [0.25, 0.3) is 0 Å². The first-order chi connectivity index (χ1) is 9.51. The lowest BCUT2D eigenvalue weighted by atomic mass is 10.2. The largest absolute Gasteiger partial charge is 0.318 e. The number of aromatic nitrogens is 1. The Morgan fingerprint density at radius 2 is 2.05 bits per heavy atom. The zero-order valence-corrected chi connectivity index (χ0v) is 11.4. The van der Waals surface area contributed by atoms with Crippen molar-refractivity contribution in [2.45, 2.75) is 0 Å². The average Bonchev–Trinajstić information content (AvgIpc) is 2.44. The summed E-state index contributed by atoms with van der Waals surface area (Å²) in [5.74, 6) is -2.32. The number of carbonyl (C=O) groups is 1. The first-order valence-electron chi connectivity index (χ1n) is 5.33. The van der Waals surface area contributed by atoms with Crippen LogP contribution in [0.4, 0.5) is 14.5 Å². The predicted molar refractivity (Wildman–Crippen MR) is 71.0 cm³/mol. The maximum Gasteiger partial charge on any atom is 0.274 e. The maximum atomic E-state index is 13.5. The molecule has 20 heavy (non-hydrogen) atoms. The average molecular weight is 338 g/mol. The number of hydrogen-bond acceptors (Lipinski definition) is 3. The van der Waals surface area contributed by atoms with E-state index >= 15 is 0 Å². The predicted octanol–water partition coefficient (Wildman–Crippen LogP) is 3.25. The first kappa shape index (κ1) is 14.1. The second-order valence-electron chi connectivity index (χ2n) is 3.74. The highest BCUT2D eigenvalue weighted by Crippen LogP contribution is 2.24. The second-order valence-corrected chi connectivity index (χ2v) is 4.60. The molecule has 0 aliphatic carbocycles. The number of nitrogens with zero attached hydrogens (tertiary/aromatic N) is 2. The smallest absolute Gasteiger partial charge is 0.274 e. The van der Waals surface area contributed by atoms with E-state index in [4.69, 9.17) is 5.26 Å². The lowest BCUT2D eigenvalue weighted by Gasteiger charge is -2.07. The van der Waals surface area contributed by atoms with Gasteiger partial charge in [0.2, 0.25) is 0 Å². The molecule has 2 aromatic rings. The summed E-state index contributed by atoms with van der Waals surface area (Å²) in [6.45, 7) is 0. The molecule has 7 heteroatoms. The van der Waals surface area contributed by atoms with Crippen LogP contribution >= 0.6 is 15.9 Å². The summed E-state index contributed by atoms with van der Waals surface area (Å²) < 4.78 is 26.6. The Labute approximate surface area is 121 Å². The normalized spacial score (nSPS) is 9.90. The molecule has 1 N–H and O–H groups in total. The van der Waals surface area contributed by atoms with Gasteiger partial charge in [-0.25, -0.2) is 13.8 Å². The molecule has 100 valence electrons. The molecule has 4 nitrogen and oxygen atoms in total. The van der Waals surface area contributed by atoms with Crippen LogP contribution in [-0.2, 0) is 0 Å². The van der Waals surface area contributed by atoms with Gasteiger partial charge in [-0.05, 0) is 34.1 Å². The molecule has 0 atom stereocenters. The molecule has 0 aliphatic heterocycles. The highest BCUT2D eigenvalue weighted by atomic mass is 79.9. The highest BCUT2D eigenvalue weighted by Gasteiger charge is 2.13. The molecule has 1 aromatic carbocycles. The summed E-state index contributed by atoms with van der Waals surface area (Å²) in [7, 11) is 0. The summed E-state index contributed by atoms with van der Waals surface area (Å²) >= 11 is 2.90. The van der Waals surface area contributed by atoms with Gasteiger partial charge < -0.3 is 5.32 Å². The summed E-state index contributed by atoms with van der Waals surface area (Å²) in [4.78, 5) is 15.6. The van der Waals surface area contributed by atoms with Crippen molar-refractivity contribution in [3.05, 3.63) is 57.8 Å². The summed E-state index contributed by atoms with van der Waals surface area (Å²) in [6, 6.07) is 6.39. The Bertz CT molecular complexity index is 711. The van der Waals surface area contributed by atoms with E-state index in [-0.39, 0.29) is 15.9 Å². The number of rotatable bonds is 2. The third-order valence-corrected chi connectivity index (χ3v) is 2.99. The molecule has 0 aliphatic rings. The van der Waals surface area contributed by atoms with E-state index in [2.05, 4.69) is 26.2 Å². The van der Waals surface area contributed by atoms with Crippen LogP contribution in [-0.4, -0.2) is 10.9 Å². The lowest BCUT2D eigenvalue weighted by molar-refractivity contribution is 0.102. The van der Waals surface area contributed by atoms with Crippen LogP contribution in [0.3, 0.4) is 0 Å². The van der Waals surface area contributed by atoms with Gasteiger partial charge in [-0.3, -0.25) is 4.79 Å². The van der Waals surface area contributed by atoms with Crippen molar-refractivity contribution in [1.82, 2.24) is 4.98 Å². The van der Waals surface area contributed by atoms with Gasteiger partial charge in [-0.2, -0.15) is 5.26 Å². The summed E-state index contributed by atoms with van der Waals surface area (Å²) in [5.41, 5.74) is 0.149. The number of pyridine rings is 1. The number of amides is 1. The van der Waals surface area contributed by atoms with Crippen LogP contribution in [0.2, 0.25) is 0 Å². The van der Waals surface area contributed by atoms with Gasteiger partial charge in [0.1, 0.15) is 23.4 Å². The minimum Gasteiger partial charge on any atom is -0.318 e. The number of nitriles is 1. The van der Waals surface area contributed by atoms with E-state index in [1.54, 1.807) is 0 Å². The molecule has 0 unspecified atom stereocenters. The van der Waals surface area contributed by atoms with E-state index in [0.29, 0.717) is 11.6 Å². The van der Waals surface area contributed by atoms with Crippen molar-refractivity contribution in [3.8, 4) is 6.07 Å². The minimum atomic E-state index is -0.896. The number of halogens is 3. The fraction of sp³-hybridized carbons (Fsp3) is 0. The molecule has 2 rings (SSSR count). The highest BCUT2D eigenvalue weighted by molar-refractivity contribution is 9.10. The van der Waals surface area contributed by atoms with Crippen molar-refractivity contribution in [2.24, 2.45) is 0 Å². The van der Waals surface area contributed by atoms with Crippen molar-refractivity contribution in [1.29, 1.82) is 5.26 Å². The molecule has 1 aromatic heterocycles. The number of carbonyl (C=O) groups excluding carboxylic acids is 1. The molecule has 0 bridgehead atoms.